The molecule has 0 amide bonds. The van der Waals surface area contributed by atoms with Gasteiger partial charge in [-0.2, -0.15) is 10.1 Å². The zero-order valence-corrected chi connectivity index (χ0v) is 15.4. The molecule has 1 aliphatic heterocycles. The van der Waals surface area contributed by atoms with E-state index in [4.69, 9.17) is 4.98 Å². The van der Waals surface area contributed by atoms with E-state index < -0.39 is 0 Å². The van der Waals surface area contributed by atoms with Crippen molar-refractivity contribution in [3.8, 4) is 0 Å². The van der Waals surface area contributed by atoms with Crippen LogP contribution in [0, 0.1) is 13.8 Å². The summed E-state index contributed by atoms with van der Waals surface area (Å²) in [4.78, 5) is 13.3. The van der Waals surface area contributed by atoms with Crippen molar-refractivity contribution in [1.29, 1.82) is 0 Å². The number of aryl methyl sites for hydroxylation is 2. The van der Waals surface area contributed by atoms with Crippen LogP contribution < -0.4 is 9.80 Å². The second kappa shape index (κ2) is 7.82. The lowest BCUT2D eigenvalue weighted by Gasteiger charge is -2.31. The number of piperidine rings is 1. The second-order valence-electron chi connectivity index (χ2n) is 6.89. The molecular weight excluding hydrogens is 316 g/mol. The molecule has 1 saturated heterocycles. The lowest BCUT2D eigenvalue weighted by Crippen LogP contribution is -2.39. The third kappa shape index (κ3) is 4.28. The molecule has 3 heterocycles. The molecule has 0 aromatic carbocycles. The van der Waals surface area contributed by atoms with Gasteiger partial charge in [0.2, 0.25) is 5.95 Å². The second-order valence-corrected chi connectivity index (χ2v) is 6.89. The standard InChI is InChI=1S/C18H28N6O/c1-13-16(14(2)22-21-13)7-5-10-23(3)18-19-9-8-17(20-18)24-11-4-6-15(25)12-24/h8-9,15,25H,4-7,10-12H2,1-3H3,(H,21,22). The fourth-order valence-corrected chi connectivity index (χ4v) is 3.40. The SMILES string of the molecule is Cc1n[nH]c(C)c1CCCN(C)c1nccc(N2CCCC(O)C2)n1. The Bertz CT molecular complexity index is 681. The van der Waals surface area contributed by atoms with Gasteiger partial charge in [-0.25, -0.2) is 4.98 Å². The average Bonchev–Trinajstić information content (AvgIpc) is 2.93. The summed E-state index contributed by atoms with van der Waals surface area (Å²) in [6, 6.07) is 1.92. The van der Waals surface area contributed by atoms with Crippen molar-refractivity contribution in [2.75, 3.05) is 36.5 Å². The number of hydrogen-bond acceptors (Lipinski definition) is 6. The van der Waals surface area contributed by atoms with E-state index in [1.807, 2.05) is 20.0 Å². The predicted molar refractivity (Wildman–Crippen MR) is 99.1 cm³/mol. The van der Waals surface area contributed by atoms with E-state index in [0.29, 0.717) is 6.54 Å². The van der Waals surface area contributed by atoms with Crippen LogP contribution in [0.2, 0.25) is 0 Å². The fraction of sp³-hybridized carbons (Fsp3) is 0.611. The van der Waals surface area contributed by atoms with Crippen LogP contribution in [0.3, 0.4) is 0 Å². The van der Waals surface area contributed by atoms with Gasteiger partial charge < -0.3 is 14.9 Å². The molecule has 7 nitrogen and oxygen atoms in total. The van der Waals surface area contributed by atoms with Crippen LogP contribution >= 0.6 is 0 Å². The Hall–Kier alpha value is -2.15. The minimum atomic E-state index is -0.258. The lowest BCUT2D eigenvalue weighted by atomic mass is 10.1. The predicted octanol–water partition coefficient (Wildman–Crippen LogP) is 1.85. The number of aliphatic hydroxyl groups is 1. The maximum atomic E-state index is 9.87. The summed E-state index contributed by atoms with van der Waals surface area (Å²) in [5.41, 5.74) is 3.55. The van der Waals surface area contributed by atoms with Crippen molar-refractivity contribution < 1.29 is 5.11 Å². The van der Waals surface area contributed by atoms with E-state index in [2.05, 4.69) is 31.9 Å². The van der Waals surface area contributed by atoms with Crippen LogP contribution in [0.25, 0.3) is 0 Å². The van der Waals surface area contributed by atoms with Gasteiger partial charge in [0.1, 0.15) is 5.82 Å². The number of H-pyrrole nitrogens is 1. The van der Waals surface area contributed by atoms with E-state index in [1.165, 1.54) is 5.56 Å². The van der Waals surface area contributed by atoms with E-state index >= 15 is 0 Å². The van der Waals surface area contributed by atoms with Crippen molar-refractivity contribution in [1.82, 2.24) is 20.2 Å². The number of aromatic nitrogens is 4. The molecule has 0 aliphatic carbocycles. The first-order valence-electron chi connectivity index (χ1n) is 9.02. The summed E-state index contributed by atoms with van der Waals surface area (Å²) in [5, 5.41) is 17.2. The third-order valence-electron chi connectivity index (χ3n) is 4.89. The molecule has 0 radical (unpaired) electrons. The number of hydrogen-bond donors (Lipinski definition) is 2. The van der Waals surface area contributed by atoms with Gasteiger partial charge in [0.05, 0.1) is 11.8 Å². The molecule has 136 valence electrons. The highest BCUT2D eigenvalue weighted by Crippen LogP contribution is 2.20. The number of nitrogens with zero attached hydrogens (tertiary/aromatic N) is 5. The number of nitrogens with one attached hydrogen (secondary N) is 1. The van der Waals surface area contributed by atoms with E-state index in [0.717, 1.165) is 61.9 Å². The highest BCUT2D eigenvalue weighted by atomic mass is 16.3. The minimum Gasteiger partial charge on any atom is -0.391 e. The maximum Gasteiger partial charge on any atom is 0.226 e. The summed E-state index contributed by atoms with van der Waals surface area (Å²) in [7, 11) is 2.03. The highest BCUT2D eigenvalue weighted by molar-refractivity contribution is 5.44. The van der Waals surface area contributed by atoms with E-state index in [9.17, 15) is 5.11 Å². The van der Waals surface area contributed by atoms with Crippen LogP contribution in [-0.4, -0.2) is 58.1 Å². The number of aliphatic hydroxyl groups excluding tert-OH is 1. The molecule has 1 fully saturated rings. The highest BCUT2D eigenvalue weighted by Gasteiger charge is 2.19. The van der Waals surface area contributed by atoms with Gasteiger partial charge in [-0.15, -0.1) is 0 Å². The Labute approximate surface area is 149 Å². The van der Waals surface area contributed by atoms with Gasteiger partial charge in [-0.05, 0) is 51.2 Å². The van der Waals surface area contributed by atoms with Crippen LogP contribution in [0.1, 0.15) is 36.2 Å². The van der Waals surface area contributed by atoms with Crippen molar-refractivity contribution in [3.63, 3.8) is 0 Å². The lowest BCUT2D eigenvalue weighted by molar-refractivity contribution is 0.154. The van der Waals surface area contributed by atoms with Gasteiger partial charge in [0.25, 0.3) is 0 Å². The Morgan fingerprint density at radius 2 is 2.24 bits per heavy atom. The summed E-state index contributed by atoms with van der Waals surface area (Å²) < 4.78 is 0. The summed E-state index contributed by atoms with van der Waals surface area (Å²) in [6.45, 7) is 6.59. The molecule has 2 N–H and O–H groups in total. The Kier molecular flexibility index (Phi) is 5.53. The normalized spacial score (nSPS) is 17.8. The van der Waals surface area contributed by atoms with E-state index in [1.54, 1.807) is 6.20 Å². The molecule has 0 bridgehead atoms. The van der Waals surface area contributed by atoms with Crippen LogP contribution in [0.5, 0.6) is 0 Å². The molecule has 3 rings (SSSR count). The smallest absolute Gasteiger partial charge is 0.226 e. The first kappa shape index (κ1) is 17.7. The largest absolute Gasteiger partial charge is 0.391 e. The molecule has 25 heavy (non-hydrogen) atoms. The molecule has 1 atom stereocenters. The van der Waals surface area contributed by atoms with Gasteiger partial charge >= 0.3 is 0 Å². The fourth-order valence-electron chi connectivity index (χ4n) is 3.40. The molecule has 7 heteroatoms. The molecule has 1 aliphatic rings. The van der Waals surface area contributed by atoms with Crippen molar-refractivity contribution in [2.24, 2.45) is 0 Å². The molecule has 0 spiro atoms. The molecule has 2 aromatic rings. The quantitative estimate of drug-likeness (QED) is 0.832. The van der Waals surface area contributed by atoms with Crippen LogP contribution in [0.15, 0.2) is 12.3 Å². The number of anilines is 2. The Balaban J connectivity index is 1.58. The Morgan fingerprint density at radius 1 is 1.40 bits per heavy atom. The van der Waals surface area contributed by atoms with Crippen molar-refractivity contribution in [3.05, 3.63) is 29.2 Å². The summed E-state index contributed by atoms with van der Waals surface area (Å²) in [6.07, 6.45) is 5.44. The molecule has 2 aromatic heterocycles. The minimum absolute atomic E-state index is 0.258. The third-order valence-corrected chi connectivity index (χ3v) is 4.89. The number of β-amino-alcohol motifs (C(OH)–C–C–N with tert-alkyl or cyclic N) is 1. The maximum absolute atomic E-state index is 9.87. The topological polar surface area (TPSA) is 81.2 Å². The number of aromatic amines is 1. The van der Waals surface area contributed by atoms with Gasteiger partial charge in [0.15, 0.2) is 0 Å². The van der Waals surface area contributed by atoms with Gasteiger partial charge in [-0.1, -0.05) is 0 Å². The zero-order valence-electron chi connectivity index (χ0n) is 15.4. The van der Waals surface area contributed by atoms with Crippen molar-refractivity contribution >= 4 is 11.8 Å². The first-order chi connectivity index (χ1) is 12.0. The van der Waals surface area contributed by atoms with Crippen molar-refractivity contribution in [2.45, 2.75) is 45.6 Å². The van der Waals surface area contributed by atoms with Crippen LogP contribution in [0.4, 0.5) is 11.8 Å². The molecule has 0 saturated carbocycles. The monoisotopic (exact) mass is 344 g/mol. The van der Waals surface area contributed by atoms with Crippen LogP contribution in [-0.2, 0) is 6.42 Å². The van der Waals surface area contributed by atoms with Gasteiger partial charge in [-0.3, -0.25) is 5.10 Å². The molecule has 1 unspecified atom stereocenters. The number of rotatable bonds is 6. The summed E-state index contributed by atoms with van der Waals surface area (Å²) >= 11 is 0. The zero-order chi connectivity index (χ0) is 17.8. The van der Waals surface area contributed by atoms with E-state index in [-0.39, 0.29) is 6.10 Å². The first-order valence-corrected chi connectivity index (χ1v) is 9.02. The van der Waals surface area contributed by atoms with Gasteiger partial charge in [0, 0.05) is 38.6 Å². The summed E-state index contributed by atoms with van der Waals surface area (Å²) in [5.74, 6) is 1.63. The molecular formula is C18H28N6O. The average molecular weight is 344 g/mol. The Morgan fingerprint density at radius 3 is 2.96 bits per heavy atom.